The molecule has 3 heterocycles. The van der Waals surface area contributed by atoms with Gasteiger partial charge in [-0.3, -0.25) is 14.0 Å². The summed E-state index contributed by atoms with van der Waals surface area (Å²) in [4.78, 5) is 42.7. The van der Waals surface area contributed by atoms with E-state index >= 15 is 0 Å². The van der Waals surface area contributed by atoms with Crippen LogP contribution in [0.1, 0.15) is 16.1 Å². The number of ether oxygens (including phenoxy) is 3. The average Bonchev–Trinajstić information content (AvgIpc) is 3.51. The van der Waals surface area contributed by atoms with Crippen LogP contribution in [0.5, 0.6) is 11.5 Å². The van der Waals surface area contributed by atoms with Gasteiger partial charge in [-0.1, -0.05) is 12.1 Å². The monoisotopic (exact) mass is 495 g/mol. The summed E-state index contributed by atoms with van der Waals surface area (Å²) in [7, 11) is 0. The van der Waals surface area contributed by atoms with Crippen molar-refractivity contribution in [3.8, 4) is 11.5 Å². The minimum absolute atomic E-state index is 0.0894. The molecule has 0 radical (unpaired) electrons. The highest BCUT2D eigenvalue weighted by Crippen LogP contribution is 2.34. The standard InChI is InChI=1S/C23H17N3O6S2/c27-20(24-14-5-6-17-18(9-14)32-13-31-17)12-34-19-4-2-1-3-16(19)22(29)30-11-15-10-21(28)26-7-8-33-23(26)25-15/h1-10H,11-13H2,(H,24,27). The fourth-order valence-corrected chi connectivity index (χ4v) is 4.83. The minimum atomic E-state index is -0.563. The summed E-state index contributed by atoms with van der Waals surface area (Å²) in [5.41, 5.74) is 1.06. The zero-order valence-corrected chi connectivity index (χ0v) is 19.2. The smallest absolute Gasteiger partial charge is 0.339 e. The molecule has 0 spiro atoms. The number of anilines is 1. The van der Waals surface area contributed by atoms with Crippen molar-refractivity contribution in [3.05, 3.63) is 81.7 Å². The number of thioether (sulfide) groups is 1. The van der Waals surface area contributed by atoms with Crippen LogP contribution in [-0.2, 0) is 16.1 Å². The van der Waals surface area contributed by atoms with Crippen molar-refractivity contribution < 1.29 is 23.8 Å². The second kappa shape index (κ2) is 9.57. The van der Waals surface area contributed by atoms with Crippen molar-refractivity contribution in [1.82, 2.24) is 9.38 Å². The van der Waals surface area contributed by atoms with E-state index in [1.165, 1.54) is 33.6 Å². The second-order valence-corrected chi connectivity index (χ2v) is 9.01. The van der Waals surface area contributed by atoms with Crippen LogP contribution in [-0.4, -0.2) is 33.8 Å². The van der Waals surface area contributed by atoms with Crippen LogP contribution in [0.25, 0.3) is 4.96 Å². The number of carbonyl (C=O) groups is 2. The summed E-state index contributed by atoms with van der Waals surface area (Å²) in [6.45, 7) is 0.0251. The molecule has 0 atom stereocenters. The molecular formula is C23H17N3O6S2. The van der Waals surface area contributed by atoms with Crippen LogP contribution in [0.3, 0.4) is 0 Å². The maximum absolute atomic E-state index is 12.7. The van der Waals surface area contributed by atoms with E-state index in [1.807, 2.05) is 0 Å². The predicted octanol–water partition coefficient (Wildman–Crippen LogP) is 3.57. The minimum Gasteiger partial charge on any atom is -0.456 e. The predicted molar refractivity (Wildman–Crippen MR) is 127 cm³/mol. The Balaban J connectivity index is 1.20. The van der Waals surface area contributed by atoms with Gasteiger partial charge in [-0.15, -0.1) is 23.1 Å². The molecule has 1 aliphatic rings. The lowest BCUT2D eigenvalue weighted by Crippen LogP contribution is -2.15. The lowest BCUT2D eigenvalue weighted by atomic mass is 10.2. The molecule has 11 heteroatoms. The van der Waals surface area contributed by atoms with E-state index in [2.05, 4.69) is 10.3 Å². The van der Waals surface area contributed by atoms with Crippen molar-refractivity contribution >= 4 is 45.6 Å². The Hall–Kier alpha value is -3.83. The van der Waals surface area contributed by atoms with Gasteiger partial charge in [-0.2, -0.15) is 0 Å². The normalized spacial score (nSPS) is 12.0. The summed E-state index contributed by atoms with van der Waals surface area (Å²) in [5, 5.41) is 4.56. The van der Waals surface area contributed by atoms with Crippen LogP contribution in [0, 0.1) is 0 Å². The zero-order valence-electron chi connectivity index (χ0n) is 17.6. The summed E-state index contributed by atoms with van der Waals surface area (Å²) in [6.07, 6.45) is 1.64. The Kier molecular flexibility index (Phi) is 6.19. The molecule has 172 valence electrons. The molecule has 1 amide bonds. The van der Waals surface area contributed by atoms with E-state index in [0.29, 0.717) is 38.3 Å². The van der Waals surface area contributed by atoms with Gasteiger partial charge in [0.25, 0.3) is 5.56 Å². The topological polar surface area (TPSA) is 108 Å². The first-order valence-electron chi connectivity index (χ1n) is 10.1. The van der Waals surface area contributed by atoms with Gasteiger partial charge < -0.3 is 19.5 Å². The lowest BCUT2D eigenvalue weighted by Gasteiger charge is -2.10. The Labute approximate surface area is 201 Å². The highest BCUT2D eigenvalue weighted by molar-refractivity contribution is 8.00. The molecule has 34 heavy (non-hydrogen) atoms. The molecular weight excluding hydrogens is 478 g/mol. The molecule has 0 bridgehead atoms. The number of nitrogens with zero attached hydrogens (tertiary/aromatic N) is 2. The third kappa shape index (κ3) is 4.75. The largest absolute Gasteiger partial charge is 0.456 e. The summed E-state index contributed by atoms with van der Waals surface area (Å²) < 4.78 is 17.4. The number of hydrogen-bond donors (Lipinski definition) is 1. The van der Waals surface area contributed by atoms with E-state index in [-0.39, 0.29) is 30.6 Å². The molecule has 0 fully saturated rings. The van der Waals surface area contributed by atoms with Gasteiger partial charge in [0, 0.05) is 34.3 Å². The van der Waals surface area contributed by atoms with Gasteiger partial charge in [-0.25, -0.2) is 9.78 Å². The molecule has 4 aromatic rings. The molecule has 0 aliphatic carbocycles. The molecule has 1 N–H and O–H groups in total. The number of thiazole rings is 1. The van der Waals surface area contributed by atoms with Crippen LogP contribution in [0.2, 0.25) is 0 Å². The number of esters is 1. The van der Waals surface area contributed by atoms with Gasteiger partial charge in [0.2, 0.25) is 12.7 Å². The van der Waals surface area contributed by atoms with Crippen molar-refractivity contribution in [1.29, 1.82) is 0 Å². The van der Waals surface area contributed by atoms with E-state index in [9.17, 15) is 14.4 Å². The van der Waals surface area contributed by atoms with Gasteiger partial charge in [0.15, 0.2) is 16.5 Å². The van der Waals surface area contributed by atoms with E-state index < -0.39 is 5.97 Å². The van der Waals surface area contributed by atoms with Crippen molar-refractivity contribution in [3.63, 3.8) is 0 Å². The Morgan fingerprint density at radius 1 is 1.15 bits per heavy atom. The third-order valence-corrected chi connectivity index (χ3v) is 6.66. The molecule has 0 saturated carbocycles. The third-order valence-electron chi connectivity index (χ3n) is 4.83. The number of amides is 1. The van der Waals surface area contributed by atoms with Crippen LogP contribution < -0.4 is 20.3 Å². The molecule has 0 unspecified atom stereocenters. The van der Waals surface area contributed by atoms with E-state index in [4.69, 9.17) is 14.2 Å². The van der Waals surface area contributed by atoms with Gasteiger partial charge >= 0.3 is 5.97 Å². The fraction of sp³-hybridized carbons (Fsp3) is 0.130. The van der Waals surface area contributed by atoms with E-state index in [0.717, 1.165) is 0 Å². The fourth-order valence-electron chi connectivity index (χ4n) is 3.25. The zero-order chi connectivity index (χ0) is 23.5. The van der Waals surface area contributed by atoms with Crippen LogP contribution in [0.4, 0.5) is 5.69 Å². The first-order chi connectivity index (χ1) is 16.6. The molecule has 1 aliphatic heterocycles. The van der Waals surface area contributed by atoms with Gasteiger partial charge in [0.05, 0.1) is 17.0 Å². The maximum Gasteiger partial charge on any atom is 0.339 e. The van der Waals surface area contributed by atoms with Crippen molar-refractivity contribution in [2.45, 2.75) is 11.5 Å². The first kappa shape index (κ1) is 22.0. The molecule has 2 aromatic carbocycles. The van der Waals surface area contributed by atoms with E-state index in [1.54, 1.807) is 54.0 Å². The van der Waals surface area contributed by atoms with Crippen LogP contribution >= 0.6 is 23.1 Å². The number of aromatic nitrogens is 2. The van der Waals surface area contributed by atoms with Crippen molar-refractivity contribution in [2.75, 3.05) is 17.9 Å². The van der Waals surface area contributed by atoms with Crippen LogP contribution in [0.15, 0.2) is 69.8 Å². The number of fused-ring (bicyclic) bond motifs is 2. The maximum atomic E-state index is 12.7. The summed E-state index contributed by atoms with van der Waals surface area (Å²) in [6, 6.07) is 13.4. The first-order valence-corrected chi connectivity index (χ1v) is 12.0. The lowest BCUT2D eigenvalue weighted by molar-refractivity contribution is -0.113. The number of carbonyl (C=O) groups excluding carboxylic acids is 2. The number of benzene rings is 2. The molecule has 0 saturated heterocycles. The molecule has 2 aromatic heterocycles. The molecule has 9 nitrogen and oxygen atoms in total. The summed E-state index contributed by atoms with van der Waals surface area (Å²) in [5.74, 6) is 0.504. The quantitative estimate of drug-likeness (QED) is 0.306. The van der Waals surface area contributed by atoms with Crippen molar-refractivity contribution in [2.24, 2.45) is 0 Å². The van der Waals surface area contributed by atoms with Gasteiger partial charge in [0.1, 0.15) is 6.61 Å². The highest BCUT2D eigenvalue weighted by Gasteiger charge is 2.17. The second-order valence-electron chi connectivity index (χ2n) is 7.12. The molecule has 5 rings (SSSR count). The Morgan fingerprint density at radius 3 is 2.91 bits per heavy atom. The highest BCUT2D eigenvalue weighted by atomic mass is 32.2. The Morgan fingerprint density at radius 2 is 2.00 bits per heavy atom. The average molecular weight is 496 g/mol. The number of rotatable bonds is 7. The van der Waals surface area contributed by atoms with Gasteiger partial charge in [-0.05, 0) is 24.3 Å². The SMILES string of the molecule is O=C(CSc1ccccc1C(=O)OCc1cc(=O)n2ccsc2n1)Nc1ccc2c(c1)OCO2. The summed E-state index contributed by atoms with van der Waals surface area (Å²) >= 11 is 2.54. The Bertz CT molecular complexity index is 1450. The number of nitrogens with one attached hydrogen (secondary N) is 1. The number of hydrogen-bond acceptors (Lipinski definition) is 9.